The molecule has 2 N–H and O–H groups in total. The zero-order chi connectivity index (χ0) is 17.1. The molecule has 3 heteroatoms. The molecule has 1 saturated carbocycles. The van der Waals surface area contributed by atoms with Crippen LogP contribution in [-0.2, 0) is 0 Å². The molecule has 2 heterocycles. The minimum absolute atomic E-state index is 0.495. The van der Waals surface area contributed by atoms with Gasteiger partial charge in [-0.25, -0.2) is 0 Å². The van der Waals surface area contributed by atoms with Gasteiger partial charge in [0.2, 0.25) is 0 Å². The van der Waals surface area contributed by atoms with Crippen LogP contribution in [0.5, 0.6) is 5.75 Å². The SMILES string of the molecule is Oc1ccccc1C1CC2CCC(C1)N2CCNCC1CCCCC1. The number of phenolic OH excluding ortho intramolecular Hbond substituents is 1. The minimum Gasteiger partial charge on any atom is -0.508 e. The van der Waals surface area contributed by atoms with Gasteiger partial charge in [-0.1, -0.05) is 37.5 Å². The quantitative estimate of drug-likeness (QED) is 0.758. The van der Waals surface area contributed by atoms with Crippen molar-refractivity contribution in [1.82, 2.24) is 10.2 Å². The van der Waals surface area contributed by atoms with Gasteiger partial charge in [0.15, 0.2) is 0 Å². The molecule has 2 unspecified atom stereocenters. The van der Waals surface area contributed by atoms with Gasteiger partial charge in [-0.15, -0.1) is 0 Å². The molecule has 0 spiro atoms. The van der Waals surface area contributed by atoms with Gasteiger partial charge >= 0.3 is 0 Å². The summed E-state index contributed by atoms with van der Waals surface area (Å²) in [7, 11) is 0. The van der Waals surface area contributed by atoms with E-state index in [1.54, 1.807) is 0 Å². The first-order valence-corrected chi connectivity index (χ1v) is 10.6. The Hall–Kier alpha value is -1.06. The monoisotopic (exact) mass is 342 g/mol. The van der Waals surface area contributed by atoms with Gasteiger partial charge in [0.25, 0.3) is 0 Å². The highest BCUT2D eigenvalue weighted by atomic mass is 16.3. The van der Waals surface area contributed by atoms with Gasteiger partial charge in [0.1, 0.15) is 5.75 Å². The molecule has 2 aliphatic heterocycles. The van der Waals surface area contributed by atoms with E-state index in [0.717, 1.165) is 24.5 Å². The number of hydrogen-bond donors (Lipinski definition) is 2. The second-order valence-corrected chi connectivity index (χ2v) is 8.56. The highest BCUT2D eigenvalue weighted by molar-refractivity contribution is 5.35. The molecule has 3 nitrogen and oxygen atoms in total. The van der Waals surface area contributed by atoms with E-state index in [4.69, 9.17) is 0 Å². The first-order valence-electron chi connectivity index (χ1n) is 10.6. The molecular weight excluding hydrogens is 308 g/mol. The summed E-state index contributed by atoms with van der Waals surface area (Å²) in [4.78, 5) is 2.77. The minimum atomic E-state index is 0.495. The van der Waals surface area contributed by atoms with Gasteiger partial charge in [0, 0.05) is 25.2 Å². The van der Waals surface area contributed by atoms with E-state index in [0.29, 0.717) is 11.7 Å². The first-order chi connectivity index (χ1) is 12.3. The Labute approximate surface area is 152 Å². The molecule has 0 radical (unpaired) electrons. The predicted octanol–water partition coefficient (Wildman–Crippen LogP) is 4.27. The van der Waals surface area contributed by atoms with Crippen molar-refractivity contribution in [2.75, 3.05) is 19.6 Å². The molecule has 25 heavy (non-hydrogen) atoms. The summed E-state index contributed by atoms with van der Waals surface area (Å²) in [5.41, 5.74) is 1.18. The fourth-order valence-corrected chi connectivity index (χ4v) is 5.63. The number of rotatable bonds is 6. The van der Waals surface area contributed by atoms with Crippen molar-refractivity contribution >= 4 is 0 Å². The molecule has 0 amide bonds. The third kappa shape index (κ3) is 4.03. The maximum absolute atomic E-state index is 10.2. The molecule has 2 atom stereocenters. The van der Waals surface area contributed by atoms with Crippen molar-refractivity contribution in [1.29, 1.82) is 0 Å². The smallest absolute Gasteiger partial charge is 0.119 e. The number of para-hydroxylation sites is 1. The number of hydrogen-bond acceptors (Lipinski definition) is 3. The molecule has 1 aromatic carbocycles. The molecule has 4 rings (SSSR count). The van der Waals surface area contributed by atoms with E-state index in [-0.39, 0.29) is 0 Å². The average Bonchev–Trinajstić information content (AvgIpc) is 2.87. The third-order valence-electron chi connectivity index (χ3n) is 6.97. The number of phenols is 1. The van der Waals surface area contributed by atoms with Gasteiger partial charge in [0.05, 0.1) is 0 Å². The summed E-state index contributed by atoms with van der Waals surface area (Å²) >= 11 is 0. The molecule has 1 aliphatic carbocycles. The highest BCUT2D eigenvalue weighted by Gasteiger charge is 2.41. The van der Waals surface area contributed by atoms with Crippen molar-refractivity contribution in [3.05, 3.63) is 29.8 Å². The number of nitrogens with one attached hydrogen (secondary N) is 1. The molecule has 138 valence electrons. The molecule has 3 aliphatic rings. The Morgan fingerprint density at radius 3 is 2.40 bits per heavy atom. The van der Waals surface area contributed by atoms with E-state index in [1.165, 1.54) is 76.4 Å². The number of piperidine rings is 1. The molecule has 1 aromatic rings. The molecule has 3 fully saturated rings. The summed E-state index contributed by atoms with van der Waals surface area (Å²) in [5, 5.41) is 13.9. The van der Waals surface area contributed by atoms with E-state index in [1.807, 2.05) is 12.1 Å². The number of benzene rings is 1. The molecule has 2 saturated heterocycles. The van der Waals surface area contributed by atoms with Crippen LogP contribution in [0.4, 0.5) is 0 Å². The molecule has 0 aromatic heterocycles. The highest BCUT2D eigenvalue weighted by Crippen LogP contribution is 2.44. The zero-order valence-corrected chi connectivity index (χ0v) is 15.5. The van der Waals surface area contributed by atoms with Crippen molar-refractivity contribution in [2.45, 2.75) is 75.8 Å². The summed E-state index contributed by atoms with van der Waals surface area (Å²) in [6.07, 6.45) is 12.3. The summed E-state index contributed by atoms with van der Waals surface area (Å²) in [5.74, 6) is 1.97. The van der Waals surface area contributed by atoms with Gasteiger partial charge < -0.3 is 10.4 Å². The Bertz CT molecular complexity index is 541. The Morgan fingerprint density at radius 1 is 0.960 bits per heavy atom. The van der Waals surface area contributed by atoms with Crippen LogP contribution in [0.15, 0.2) is 24.3 Å². The maximum atomic E-state index is 10.2. The lowest BCUT2D eigenvalue weighted by Crippen LogP contribution is -2.45. The fourth-order valence-electron chi connectivity index (χ4n) is 5.63. The lowest BCUT2D eigenvalue weighted by Gasteiger charge is -2.39. The topological polar surface area (TPSA) is 35.5 Å². The van der Waals surface area contributed by atoms with E-state index in [2.05, 4.69) is 22.3 Å². The van der Waals surface area contributed by atoms with E-state index in [9.17, 15) is 5.11 Å². The Balaban J connectivity index is 1.25. The van der Waals surface area contributed by atoms with Crippen LogP contribution in [-0.4, -0.2) is 41.7 Å². The van der Waals surface area contributed by atoms with Crippen LogP contribution in [0, 0.1) is 5.92 Å². The predicted molar refractivity (Wildman–Crippen MR) is 103 cm³/mol. The van der Waals surface area contributed by atoms with Crippen molar-refractivity contribution in [2.24, 2.45) is 5.92 Å². The zero-order valence-electron chi connectivity index (χ0n) is 15.5. The van der Waals surface area contributed by atoms with Crippen LogP contribution in [0.3, 0.4) is 0 Å². The van der Waals surface area contributed by atoms with Crippen molar-refractivity contribution < 1.29 is 5.11 Å². The first kappa shape index (κ1) is 17.4. The third-order valence-corrected chi connectivity index (χ3v) is 6.97. The van der Waals surface area contributed by atoms with Crippen LogP contribution in [0.25, 0.3) is 0 Å². The largest absolute Gasteiger partial charge is 0.508 e. The lowest BCUT2D eigenvalue weighted by atomic mass is 9.84. The number of nitrogens with zero attached hydrogens (tertiary/aromatic N) is 1. The second kappa shape index (κ2) is 8.09. The van der Waals surface area contributed by atoms with Gasteiger partial charge in [-0.05, 0) is 68.5 Å². The summed E-state index contributed by atoms with van der Waals surface area (Å²) in [6, 6.07) is 9.42. The average molecular weight is 343 g/mol. The fraction of sp³-hybridized carbons (Fsp3) is 0.727. The van der Waals surface area contributed by atoms with Gasteiger partial charge in [-0.2, -0.15) is 0 Å². The van der Waals surface area contributed by atoms with Crippen molar-refractivity contribution in [3.63, 3.8) is 0 Å². The second-order valence-electron chi connectivity index (χ2n) is 8.56. The summed E-state index contributed by atoms with van der Waals surface area (Å²) < 4.78 is 0. The normalized spacial score (nSPS) is 30.6. The maximum Gasteiger partial charge on any atom is 0.119 e. The van der Waals surface area contributed by atoms with E-state index < -0.39 is 0 Å². The lowest BCUT2D eigenvalue weighted by molar-refractivity contribution is 0.126. The number of fused-ring (bicyclic) bond motifs is 2. The van der Waals surface area contributed by atoms with Crippen LogP contribution in [0.1, 0.15) is 69.3 Å². The molecule has 2 bridgehead atoms. The molecular formula is C22H34N2O. The van der Waals surface area contributed by atoms with Crippen LogP contribution >= 0.6 is 0 Å². The van der Waals surface area contributed by atoms with Crippen molar-refractivity contribution in [3.8, 4) is 5.75 Å². The Morgan fingerprint density at radius 2 is 1.68 bits per heavy atom. The Kier molecular flexibility index (Phi) is 5.62. The van der Waals surface area contributed by atoms with Gasteiger partial charge in [-0.3, -0.25) is 4.90 Å². The summed E-state index contributed by atoms with van der Waals surface area (Å²) in [6.45, 7) is 3.57. The van der Waals surface area contributed by atoms with Crippen LogP contribution < -0.4 is 5.32 Å². The van der Waals surface area contributed by atoms with Crippen LogP contribution in [0.2, 0.25) is 0 Å². The van der Waals surface area contributed by atoms with E-state index >= 15 is 0 Å². The number of aromatic hydroxyl groups is 1. The standard InChI is InChI=1S/C22H34N2O/c25-22-9-5-4-8-21(22)18-14-19-10-11-20(15-18)24(19)13-12-23-16-17-6-2-1-3-7-17/h4-5,8-9,17-20,23,25H,1-3,6-7,10-16H2.